The molecule has 4 rings (SSSR count). The van der Waals surface area contributed by atoms with Crippen molar-refractivity contribution in [3.05, 3.63) is 95.7 Å². The van der Waals surface area contributed by atoms with Crippen molar-refractivity contribution in [1.82, 2.24) is 10.2 Å². The first-order chi connectivity index (χ1) is 19.1. The number of anilines is 2. The molecule has 0 bridgehead atoms. The van der Waals surface area contributed by atoms with Crippen molar-refractivity contribution in [2.24, 2.45) is 4.99 Å². The Labute approximate surface area is 230 Å². The molecule has 8 nitrogen and oxygen atoms in total. The molecule has 2 aliphatic rings. The molecule has 1 saturated heterocycles. The number of rotatable bonds is 7. The molecule has 0 aliphatic carbocycles. The summed E-state index contributed by atoms with van der Waals surface area (Å²) in [6, 6.07) is 11.1. The zero-order valence-corrected chi connectivity index (χ0v) is 22.0. The summed E-state index contributed by atoms with van der Waals surface area (Å²) in [5, 5.41) is 5.36. The number of carbonyl (C=O) groups excluding carboxylic acids is 2. The SMILES string of the molecule is C=CC(=O)Nc1cccc(N2C(NC(=O)c3cccc(C(F)(F)F)c3)=NC/C2=C\C=C(/C)CN2CCOCC2)c1. The molecule has 40 heavy (non-hydrogen) atoms. The summed E-state index contributed by atoms with van der Waals surface area (Å²) in [6.45, 7) is 9.58. The van der Waals surface area contributed by atoms with Crippen molar-refractivity contribution in [3.63, 3.8) is 0 Å². The van der Waals surface area contributed by atoms with E-state index >= 15 is 0 Å². The number of morpholine rings is 1. The maximum absolute atomic E-state index is 13.2. The minimum absolute atomic E-state index is 0.150. The lowest BCUT2D eigenvalue weighted by atomic mass is 10.1. The largest absolute Gasteiger partial charge is 0.416 e. The maximum Gasteiger partial charge on any atom is 0.416 e. The second-order valence-electron chi connectivity index (χ2n) is 9.31. The van der Waals surface area contributed by atoms with Gasteiger partial charge in [-0.2, -0.15) is 13.2 Å². The number of halogens is 3. The predicted molar refractivity (Wildman–Crippen MR) is 148 cm³/mol. The van der Waals surface area contributed by atoms with E-state index in [1.54, 1.807) is 29.2 Å². The number of amides is 2. The molecule has 0 spiro atoms. The number of hydrogen-bond acceptors (Lipinski definition) is 6. The van der Waals surface area contributed by atoms with Crippen molar-refractivity contribution in [3.8, 4) is 0 Å². The number of carbonyl (C=O) groups is 2. The molecule has 2 N–H and O–H groups in total. The van der Waals surface area contributed by atoms with Crippen LogP contribution >= 0.6 is 0 Å². The average Bonchev–Trinajstić information content (AvgIpc) is 3.34. The van der Waals surface area contributed by atoms with Gasteiger partial charge in [0.15, 0.2) is 0 Å². The Morgan fingerprint density at radius 2 is 1.85 bits per heavy atom. The molecule has 0 saturated carbocycles. The third-order valence-electron chi connectivity index (χ3n) is 6.26. The molecule has 2 aromatic carbocycles. The monoisotopic (exact) mass is 553 g/mol. The minimum Gasteiger partial charge on any atom is -0.379 e. The van der Waals surface area contributed by atoms with E-state index in [2.05, 4.69) is 27.1 Å². The molecule has 2 aliphatic heterocycles. The summed E-state index contributed by atoms with van der Waals surface area (Å²) in [6.07, 6.45) is 0.453. The van der Waals surface area contributed by atoms with E-state index in [0.717, 1.165) is 49.1 Å². The van der Waals surface area contributed by atoms with Crippen molar-refractivity contribution >= 4 is 29.1 Å². The number of alkyl halides is 3. The lowest BCUT2D eigenvalue weighted by Gasteiger charge is -2.26. The van der Waals surface area contributed by atoms with Gasteiger partial charge in [0, 0.05) is 36.6 Å². The lowest BCUT2D eigenvalue weighted by Crippen LogP contribution is -2.41. The zero-order chi connectivity index (χ0) is 28.7. The van der Waals surface area contributed by atoms with Gasteiger partial charge >= 0.3 is 6.18 Å². The number of nitrogens with zero attached hydrogens (tertiary/aromatic N) is 3. The smallest absolute Gasteiger partial charge is 0.379 e. The van der Waals surface area contributed by atoms with Crippen LogP contribution in [0.2, 0.25) is 0 Å². The lowest BCUT2D eigenvalue weighted by molar-refractivity contribution is -0.137. The van der Waals surface area contributed by atoms with Crippen LogP contribution < -0.4 is 15.5 Å². The first-order valence-electron chi connectivity index (χ1n) is 12.7. The first kappa shape index (κ1) is 28.8. The quantitative estimate of drug-likeness (QED) is 0.490. The summed E-state index contributed by atoms with van der Waals surface area (Å²) >= 11 is 0. The van der Waals surface area contributed by atoms with Crippen LogP contribution in [-0.2, 0) is 15.7 Å². The number of ether oxygens (including phenoxy) is 1. The molecule has 0 atom stereocenters. The van der Waals surface area contributed by atoms with Gasteiger partial charge in [0.1, 0.15) is 0 Å². The van der Waals surface area contributed by atoms with Crippen LogP contribution in [0, 0.1) is 0 Å². The van der Waals surface area contributed by atoms with E-state index in [1.165, 1.54) is 12.1 Å². The van der Waals surface area contributed by atoms with Gasteiger partial charge in [-0.25, -0.2) is 4.99 Å². The minimum atomic E-state index is -4.58. The topological polar surface area (TPSA) is 86.3 Å². The van der Waals surface area contributed by atoms with Gasteiger partial charge in [0.25, 0.3) is 5.91 Å². The van der Waals surface area contributed by atoms with Crippen LogP contribution in [0.4, 0.5) is 24.5 Å². The first-order valence-corrected chi connectivity index (χ1v) is 12.7. The van der Waals surface area contributed by atoms with E-state index in [1.807, 2.05) is 19.1 Å². The summed E-state index contributed by atoms with van der Waals surface area (Å²) in [7, 11) is 0. The zero-order valence-electron chi connectivity index (χ0n) is 22.0. The standard InChI is InChI=1S/C29H30F3N5O3/c1-3-26(38)34-23-8-5-9-24(17-23)37-25(11-10-20(2)19-36-12-14-40-15-13-36)18-33-28(37)35-27(39)21-6-4-7-22(16-21)29(30,31)32/h3-11,16-17H,1,12-15,18-19H2,2H3,(H,34,38)(H,33,35,39)/b20-10+,25-11+. The Bertz CT molecular complexity index is 1360. The van der Waals surface area contributed by atoms with Crippen molar-refractivity contribution in [2.45, 2.75) is 13.1 Å². The fourth-order valence-corrected chi connectivity index (χ4v) is 4.27. The fourth-order valence-electron chi connectivity index (χ4n) is 4.27. The highest BCUT2D eigenvalue weighted by Crippen LogP contribution is 2.30. The number of nitrogens with one attached hydrogen (secondary N) is 2. The van der Waals surface area contributed by atoms with Gasteiger partial charge in [-0.1, -0.05) is 30.4 Å². The number of aliphatic imine (C=N–C) groups is 1. The van der Waals surface area contributed by atoms with Crippen LogP contribution in [-0.4, -0.2) is 62.1 Å². The molecular formula is C29H30F3N5O3. The van der Waals surface area contributed by atoms with Crippen LogP contribution in [0.25, 0.3) is 0 Å². The summed E-state index contributed by atoms with van der Waals surface area (Å²) in [4.78, 5) is 33.3. The molecule has 2 heterocycles. The average molecular weight is 554 g/mol. The Hall–Kier alpha value is -4.22. The van der Waals surface area contributed by atoms with Gasteiger partial charge in [-0.15, -0.1) is 0 Å². The Morgan fingerprint density at radius 3 is 2.58 bits per heavy atom. The highest BCUT2D eigenvalue weighted by molar-refractivity contribution is 6.13. The number of hydrogen-bond donors (Lipinski definition) is 2. The molecule has 0 aromatic heterocycles. The number of benzene rings is 2. The van der Waals surface area contributed by atoms with E-state index in [4.69, 9.17) is 4.74 Å². The third-order valence-corrected chi connectivity index (χ3v) is 6.26. The van der Waals surface area contributed by atoms with Crippen molar-refractivity contribution in [1.29, 1.82) is 0 Å². The molecule has 1 fully saturated rings. The summed E-state index contributed by atoms with van der Waals surface area (Å²) in [5.74, 6) is -0.964. The van der Waals surface area contributed by atoms with Gasteiger partial charge in [0.05, 0.1) is 31.0 Å². The number of allylic oxidation sites excluding steroid dienone is 2. The van der Waals surface area contributed by atoms with E-state index in [-0.39, 0.29) is 24.0 Å². The highest BCUT2D eigenvalue weighted by Gasteiger charge is 2.31. The molecule has 0 radical (unpaired) electrons. The number of guanidine groups is 1. The maximum atomic E-state index is 13.2. The Kier molecular flexibility index (Phi) is 9.18. The molecule has 2 amide bonds. The second kappa shape index (κ2) is 12.8. The fraction of sp³-hybridized carbons (Fsp3) is 0.276. The van der Waals surface area contributed by atoms with Crippen LogP contribution in [0.3, 0.4) is 0 Å². The van der Waals surface area contributed by atoms with Gasteiger partial charge in [-0.05, 0) is 55.5 Å². The molecule has 11 heteroatoms. The normalized spacial score (nSPS) is 17.5. The molecule has 0 unspecified atom stereocenters. The van der Waals surface area contributed by atoms with Crippen molar-refractivity contribution in [2.75, 3.05) is 49.6 Å². The molecular weight excluding hydrogens is 523 g/mol. The highest BCUT2D eigenvalue weighted by atomic mass is 19.4. The Balaban J connectivity index is 1.61. The van der Waals surface area contributed by atoms with Crippen LogP contribution in [0.15, 0.2) is 89.6 Å². The predicted octanol–water partition coefficient (Wildman–Crippen LogP) is 4.60. The Morgan fingerprint density at radius 1 is 1.10 bits per heavy atom. The van der Waals surface area contributed by atoms with Gasteiger partial charge < -0.3 is 10.1 Å². The van der Waals surface area contributed by atoms with Gasteiger partial charge in [0.2, 0.25) is 11.9 Å². The van der Waals surface area contributed by atoms with Gasteiger partial charge in [-0.3, -0.25) is 24.7 Å². The summed E-state index contributed by atoms with van der Waals surface area (Å²) in [5.41, 5.74) is 1.86. The molecule has 2 aromatic rings. The van der Waals surface area contributed by atoms with E-state index in [9.17, 15) is 22.8 Å². The van der Waals surface area contributed by atoms with Crippen molar-refractivity contribution < 1.29 is 27.5 Å². The van der Waals surface area contributed by atoms with E-state index in [0.29, 0.717) is 24.6 Å². The second-order valence-corrected chi connectivity index (χ2v) is 9.31. The summed E-state index contributed by atoms with van der Waals surface area (Å²) < 4.78 is 45.0. The molecule has 210 valence electrons. The van der Waals surface area contributed by atoms with E-state index < -0.39 is 17.6 Å². The van der Waals surface area contributed by atoms with Crippen LogP contribution in [0.5, 0.6) is 0 Å². The van der Waals surface area contributed by atoms with Crippen LogP contribution in [0.1, 0.15) is 22.8 Å². The third kappa shape index (κ3) is 7.45.